The van der Waals surface area contributed by atoms with Crippen molar-refractivity contribution in [2.75, 3.05) is 6.54 Å². The number of hydrogen-bond acceptors (Lipinski definition) is 3. The average Bonchev–Trinajstić information content (AvgIpc) is 3.02. The lowest BCUT2D eigenvalue weighted by atomic mass is 10.1. The van der Waals surface area contributed by atoms with Gasteiger partial charge in [-0.1, -0.05) is 28.1 Å². The van der Waals surface area contributed by atoms with Crippen LogP contribution < -0.4 is 10.6 Å². The zero-order chi connectivity index (χ0) is 16.1. The van der Waals surface area contributed by atoms with Crippen LogP contribution in [0.4, 0.5) is 0 Å². The minimum absolute atomic E-state index is 0. The van der Waals surface area contributed by atoms with E-state index in [0.717, 1.165) is 42.2 Å². The SMILES string of the molecule is CCNC(=NCc1ccc(Br)cc1)NC1CCc2ncnn2C1.I. The quantitative estimate of drug-likeness (QED) is 0.381. The average molecular weight is 505 g/mol. The summed E-state index contributed by atoms with van der Waals surface area (Å²) in [6, 6.07) is 8.57. The van der Waals surface area contributed by atoms with Gasteiger partial charge in [-0.05, 0) is 31.0 Å². The van der Waals surface area contributed by atoms with Gasteiger partial charge in [0.05, 0.1) is 13.1 Å². The molecule has 0 aliphatic carbocycles. The number of aliphatic imine (C=N–C) groups is 1. The summed E-state index contributed by atoms with van der Waals surface area (Å²) in [5.41, 5.74) is 1.19. The number of fused-ring (bicyclic) bond motifs is 1. The number of nitrogens with one attached hydrogen (secondary N) is 2. The summed E-state index contributed by atoms with van der Waals surface area (Å²) in [5, 5.41) is 11.1. The van der Waals surface area contributed by atoms with E-state index in [1.165, 1.54) is 5.56 Å². The van der Waals surface area contributed by atoms with E-state index in [2.05, 4.69) is 60.7 Å². The lowest BCUT2D eigenvalue weighted by Gasteiger charge is -2.25. The lowest BCUT2D eigenvalue weighted by Crippen LogP contribution is -2.47. The summed E-state index contributed by atoms with van der Waals surface area (Å²) < 4.78 is 3.06. The zero-order valence-corrected chi connectivity index (χ0v) is 17.5. The van der Waals surface area contributed by atoms with Gasteiger partial charge >= 0.3 is 0 Å². The van der Waals surface area contributed by atoms with Crippen LogP contribution in [-0.2, 0) is 19.5 Å². The Kier molecular flexibility index (Phi) is 7.47. The van der Waals surface area contributed by atoms with E-state index < -0.39 is 0 Å². The molecule has 0 bridgehead atoms. The Morgan fingerprint density at radius 1 is 1.38 bits per heavy atom. The lowest BCUT2D eigenvalue weighted by molar-refractivity contribution is 0.392. The molecule has 24 heavy (non-hydrogen) atoms. The maximum Gasteiger partial charge on any atom is 0.191 e. The second-order valence-corrected chi connectivity index (χ2v) is 6.48. The van der Waals surface area contributed by atoms with Gasteiger partial charge in [-0.2, -0.15) is 5.10 Å². The molecule has 1 aliphatic rings. The Bertz CT molecular complexity index is 669. The normalized spacial score (nSPS) is 16.9. The molecule has 1 atom stereocenters. The molecule has 2 heterocycles. The van der Waals surface area contributed by atoms with Crippen LogP contribution in [0.2, 0.25) is 0 Å². The third-order valence-electron chi connectivity index (χ3n) is 3.82. The predicted molar refractivity (Wildman–Crippen MR) is 110 cm³/mol. The summed E-state index contributed by atoms with van der Waals surface area (Å²) in [4.78, 5) is 8.95. The molecule has 1 aliphatic heterocycles. The van der Waals surface area contributed by atoms with E-state index >= 15 is 0 Å². The van der Waals surface area contributed by atoms with Crippen molar-refractivity contribution in [2.45, 2.75) is 38.9 Å². The van der Waals surface area contributed by atoms with E-state index in [0.29, 0.717) is 12.6 Å². The van der Waals surface area contributed by atoms with Crippen molar-refractivity contribution in [2.24, 2.45) is 4.99 Å². The van der Waals surface area contributed by atoms with Crippen molar-refractivity contribution in [3.63, 3.8) is 0 Å². The molecule has 1 aromatic carbocycles. The van der Waals surface area contributed by atoms with E-state index in [1.807, 2.05) is 16.8 Å². The van der Waals surface area contributed by atoms with Gasteiger partial charge in [-0.15, -0.1) is 24.0 Å². The number of hydrogen-bond donors (Lipinski definition) is 2. The first kappa shape index (κ1) is 19.2. The van der Waals surface area contributed by atoms with Crippen LogP contribution in [0.1, 0.15) is 24.7 Å². The molecule has 1 aromatic heterocycles. The van der Waals surface area contributed by atoms with Crippen molar-refractivity contribution >= 4 is 45.9 Å². The van der Waals surface area contributed by atoms with Crippen molar-refractivity contribution in [1.29, 1.82) is 0 Å². The van der Waals surface area contributed by atoms with Crippen LogP contribution in [0.15, 0.2) is 40.1 Å². The summed E-state index contributed by atoms with van der Waals surface area (Å²) in [6.45, 7) is 4.41. The number of aromatic nitrogens is 3. The minimum atomic E-state index is 0. The molecule has 2 aromatic rings. The fourth-order valence-corrected chi connectivity index (χ4v) is 2.89. The molecule has 130 valence electrons. The second kappa shape index (κ2) is 9.36. The second-order valence-electron chi connectivity index (χ2n) is 5.56. The number of rotatable bonds is 4. The highest BCUT2D eigenvalue weighted by Gasteiger charge is 2.20. The van der Waals surface area contributed by atoms with Crippen LogP contribution in [0.5, 0.6) is 0 Å². The molecule has 3 rings (SSSR count). The Morgan fingerprint density at radius 2 is 2.17 bits per heavy atom. The molecule has 0 amide bonds. The van der Waals surface area contributed by atoms with Crippen LogP contribution in [0, 0.1) is 0 Å². The summed E-state index contributed by atoms with van der Waals surface area (Å²) in [6.07, 6.45) is 3.62. The van der Waals surface area contributed by atoms with Gasteiger partial charge in [0, 0.05) is 23.5 Å². The van der Waals surface area contributed by atoms with Gasteiger partial charge in [-0.25, -0.2) is 14.7 Å². The predicted octanol–water partition coefficient (Wildman–Crippen LogP) is 2.73. The van der Waals surface area contributed by atoms with Crippen molar-refractivity contribution in [1.82, 2.24) is 25.4 Å². The number of halogens is 2. The van der Waals surface area contributed by atoms with Gasteiger partial charge in [-0.3, -0.25) is 0 Å². The molecule has 8 heteroatoms. The third kappa shape index (κ3) is 5.17. The van der Waals surface area contributed by atoms with Crippen LogP contribution in [0.25, 0.3) is 0 Å². The molecule has 0 saturated carbocycles. The van der Waals surface area contributed by atoms with Crippen LogP contribution in [-0.4, -0.2) is 33.3 Å². The largest absolute Gasteiger partial charge is 0.357 e. The number of aryl methyl sites for hydroxylation is 1. The standard InChI is InChI=1S/C16H21BrN6.HI/c1-2-18-16(19-9-12-3-5-13(17)6-4-12)22-14-7-8-15-20-11-21-23(15)10-14;/h3-6,11,14H,2,7-10H2,1H3,(H2,18,19,22);1H. The van der Waals surface area contributed by atoms with Gasteiger partial charge in [0.15, 0.2) is 5.96 Å². The summed E-state index contributed by atoms with van der Waals surface area (Å²) >= 11 is 3.45. The first-order valence-electron chi connectivity index (χ1n) is 7.90. The van der Waals surface area contributed by atoms with Crippen molar-refractivity contribution in [3.8, 4) is 0 Å². The molecule has 0 fully saturated rings. The Labute approximate surface area is 167 Å². The van der Waals surface area contributed by atoms with E-state index in [1.54, 1.807) is 6.33 Å². The summed E-state index contributed by atoms with van der Waals surface area (Å²) in [5.74, 6) is 1.92. The highest BCUT2D eigenvalue weighted by Crippen LogP contribution is 2.12. The Balaban J connectivity index is 0.00000208. The van der Waals surface area contributed by atoms with Gasteiger partial charge in [0.2, 0.25) is 0 Å². The molecular weight excluding hydrogens is 483 g/mol. The molecular formula is C16H22BrIN6. The third-order valence-corrected chi connectivity index (χ3v) is 4.35. The van der Waals surface area contributed by atoms with Crippen molar-refractivity contribution in [3.05, 3.63) is 46.5 Å². The minimum Gasteiger partial charge on any atom is -0.357 e. The van der Waals surface area contributed by atoms with Gasteiger partial charge < -0.3 is 10.6 Å². The topological polar surface area (TPSA) is 67.1 Å². The Morgan fingerprint density at radius 3 is 2.92 bits per heavy atom. The number of benzene rings is 1. The van der Waals surface area contributed by atoms with Crippen LogP contribution >= 0.6 is 39.9 Å². The Hall–Kier alpha value is -1.16. The molecule has 0 saturated heterocycles. The number of nitrogens with zero attached hydrogens (tertiary/aromatic N) is 4. The van der Waals surface area contributed by atoms with E-state index in [-0.39, 0.29) is 24.0 Å². The molecule has 2 N–H and O–H groups in total. The first-order chi connectivity index (χ1) is 11.2. The maximum absolute atomic E-state index is 4.68. The monoisotopic (exact) mass is 504 g/mol. The maximum atomic E-state index is 4.68. The van der Waals surface area contributed by atoms with Crippen LogP contribution in [0.3, 0.4) is 0 Å². The molecule has 1 unspecified atom stereocenters. The fourth-order valence-electron chi connectivity index (χ4n) is 2.63. The summed E-state index contributed by atoms with van der Waals surface area (Å²) in [7, 11) is 0. The smallest absolute Gasteiger partial charge is 0.191 e. The molecule has 6 nitrogen and oxygen atoms in total. The molecule has 0 radical (unpaired) electrons. The van der Waals surface area contributed by atoms with Gasteiger partial charge in [0.25, 0.3) is 0 Å². The van der Waals surface area contributed by atoms with Crippen molar-refractivity contribution < 1.29 is 0 Å². The highest BCUT2D eigenvalue weighted by atomic mass is 127. The van der Waals surface area contributed by atoms with E-state index in [9.17, 15) is 0 Å². The first-order valence-corrected chi connectivity index (χ1v) is 8.70. The van der Waals surface area contributed by atoms with E-state index in [4.69, 9.17) is 0 Å². The number of guanidine groups is 1. The zero-order valence-electron chi connectivity index (χ0n) is 13.6. The highest BCUT2D eigenvalue weighted by molar-refractivity contribution is 14.0. The molecule has 0 spiro atoms. The fraction of sp³-hybridized carbons (Fsp3) is 0.438. The van der Waals surface area contributed by atoms with Gasteiger partial charge in [0.1, 0.15) is 12.2 Å².